The van der Waals surface area contributed by atoms with Crippen LogP contribution in [0, 0.1) is 0 Å². The number of rotatable bonds is 4. The quantitative estimate of drug-likeness (QED) is 0.202. The smallest absolute Gasteiger partial charge is 1.00 e. The number of hydrogen-bond donors (Lipinski definition) is 0. The fourth-order valence-electron chi connectivity index (χ4n) is 7.12. The summed E-state index contributed by atoms with van der Waals surface area (Å²) in [4.78, 5) is 0. The zero-order valence-corrected chi connectivity index (χ0v) is 36.8. The Morgan fingerprint density at radius 1 is 0.408 bits per heavy atom. The second-order valence-corrected chi connectivity index (χ2v) is 23.2. The largest absolute Gasteiger partial charge is 1.00 e. The Morgan fingerprint density at radius 2 is 0.694 bits per heavy atom. The molecule has 49 heavy (non-hydrogen) atoms. The molecule has 2 aliphatic carbocycles. The van der Waals surface area contributed by atoms with Crippen LogP contribution in [0.5, 0.6) is 0 Å². The molecule has 2 atom stereocenters. The summed E-state index contributed by atoms with van der Waals surface area (Å²) < 4.78 is 3.40. The van der Waals surface area contributed by atoms with E-state index in [4.69, 9.17) is 0 Å². The Hall–Kier alpha value is -2.19. The van der Waals surface area contributed by atoms with Gasteiger partial charge >= 0.3 is 299 Å². The van der Waals surface area contributed by atoms with Gasteiger partial charge in [0.15, 0.2) is 0 Å². The van der Waals surface area contributed by atoms with Crippen LogP contribution in [0.3, 0.4) is 0 Å². The maximum Gasteiger partial charge on any atom is -1.00 e. The molecule has 0 bridgehead atoms. The molecule has 0 aromatic heterocycles. The summed E-state index contributed by atoms with van der Waals surface area (Å²) in [5.74, 6) is 0.656. The van der Waals surface area contributed by atoms with Crippen molar-refractivity contribution >= 4 is 12.2 Å². The molecule has 6 rings (SSSR count). The minimum absolute atomic E-state index is 0. The van der Waals surface area contributed by atoms with E-state index < -0.39 is 22.9 Å². The van der Waals surface area contributed by atoms with Gasteiger partial charge in [0, 0.05) is 0 Å². The third-order valence-corrected chi connectivity index (χ3v) is 15.4. The summed E-state index contributed by atoms with van der Waals surface area (Å²) in [5, 5.41) is 0. The third-order valence-electron chi connectivity index (χ3n) is 10.2. The van der Waals surface area contributed by atoms with Crippen LogP contribution in [-0.4, -0.2) is 0 Å². The Balaban J connectivity index is 0.00000270. The van der Waals surface area contributed by atoms with E-state index in [0.29, 0.717) is 11.8 Å². The maximum absolute atomic E-state index is 2.59. The first-order valence-corrected chi connectivity index (χ1v) is 21.1. The summed E-state index contributed by atoms with van der Waals surface area (Å²) in [7, 11) is 0. The first-order chi connectivity index (χ1) is 21.8. The predicted molar refractivity (Wildman–Crippen MR) is 200 cm³/mol. The molecule has 0 spiro atoms. The van der Waals surface area contributed by atoms with Gasteiger partial charge < -0.3 is 24.8 Å². The van der Waals surface area contributed by atoms with E-state index in [1.165, 1.54) is 55.6 Å². The van der Waals surface area contributed by atoms with Gasteiger partial charge in [-0.1, -0.05) is 0 Å². The number of hydrogen-bond acceptors (Lipinski definition) is 0. The molecule has 0 fully saturated rings. The fraction of sp³-hybridized carbons (Fsp3) is 0.391. The predicted octanol–water partition coefficient (Wildman–Crippen LogP) is 6.64. The molecule has 0 saturated heterocycles. The monoisotopic (exact) mass is 856 g/mol. The molecule has 0 heterocycles. The van der Waals surface area contributed by atoms with E-state index in [2.05, 4.69) is 180 Å². The first-order valence-electron chi connectivity index (χ1n) is 17.5. The Kier molecular flexibility index (Phi) is 11.4. The number of fused-ring (bicyclic) bond motifs is 2. The molecule has 3 heteroatoms. The molecule has 2 unspecified atom stereocenters. The average molecular weight is 856 g/mol. The Labute approximate surface area is 321 Å². The molecule has 0 nitrogen and oxygen atoms in total. The van der Waals surface area contributed by atoms with E-state index in [1.54, 1.807) is 6.66 Å². The summed E-state index contributed by atoms with van der Waals surface area (Å²) in [6.45, 7) is 28.3. The second kappa shape index (κ2) is 14.1. The van der Waals surface area contributed by atoms with Crippen LogP contribution >= 0.6 is 0 Å². The van der Waals surface area contributed by atoms with Crippen LogP contribution in [0.15, 0.2) is 91.6 Å². The topological polar surface area (TPSA) is 0 Å². The van der Waals surface area contributed by atoms with Gasteiger partial charge in [-0.15, -0.1) is 0 Å². The van der Waals surface area contributed by atoms with Gasteiger partial charge in [0.2, 0.25) is 0 Å². The maximum atomic E-state index is 2.59. The molecular formula is C46H54Cl2Hf. The molecule has 4 aromatic rings. The molecule has 0 aliphatic heterocycles. The van der Waals surface area contributed by atoms with Crippen molar-refractivity contribution in [1.29, 1.82) is 0 Å². The molecule has 4 aromatic carbocycles. The Bertz CT molecular complexity index is 1690. The van der Waals surface area contributed by atoms with Gasteiger partial charge in [0.05, 0.1) is 0 Å². The minimum atomic E-state index is -1.51. The van der Waals surface area contributed by atoms with Crippen LogP contribution in [-0.2, 0) is 44.6 Å². The van der Waals surface area contributed by atoms with Crippen molar-refractivity contribution in [2.24, 2.45) is 0 Å². The SMILES string of the molecule is CC(C)(C)c1cc(C2[C]([Hf+2][C]3=Cc4ccccc4C3c3cc(C(C)(C)C)cc(C(C)(C)C)c3)=Cc3ccccc32)cc(C(C)(C)C)c1.[Cl-].[Cl-]. The van der Waals surface area contributed by atoms with Crippen molar-refractivity contribution in [3.63, 3.8) is 0 Å². The normalized spacial score (nSPS) is 17.2. The number of allylic oxidation sites excluding steroid dienone is 2. The zero-order valence-electron chi connectivity index (χ0n) is 31.6. The molecular weight excluding hydrogens is 802 g/mol. The van der Waals surface area contributed by atoms with Crippen molar-refractivity contribution in [1.82, 2.24) is 0 Å². The van der Waals surface area contributed by atoms with E-state index in [0.717, 1.165) is 0 Å². The van der Waals surface area contributed by atoms with Gasteiger partial charge in [0.25, 0.3) is 0 Å². The second-order valence-electron chi connectivity index (χ2n) is 18.1. The van der Waals surface area contributed by atoms with Crippen LogP contribution in [0.2, 0.25) is 0 Å². The molecule has 2 aliphatic rings. The van der Waals surface area contributed by atoms with E-state index in [1.807, 2.05) is 0 Å². The van der Waals surface area contributed by atoms with Crippen molar-refractivity contribution in [2.75, 3.05) is 0 Å². The molecule has 0 radical (unpaired) electrons. The van der Waals surface area contributed by atoms with E-state index >= 15 is 0 Å². The van der Waals surface area contributed by atoms with E-state index in [-0.39, 0.29) is 46.5 Å². The van der Waals surface area contributed by atoms with Gasteiger partial charge in [-0.3, -0.25) is 0 Å². The van der Waals surface area contributed by atoms with Crippen LogP contribution in [0.1, 0.15) is 151 Å². The van der Waals surface area contributed by atoms with Gasteiger partial charge in [-0.05, 0) is 0 Å². The van der Waals surface area contributed by atoms with Crippen LogP contribution in [0.25, 0.3) is 12.2 Å². The van der Waals surface area contributed by atoms with Crippen molar-refractivity contribution in [3.8, 4) is 0 Å². The van der Waals surface area contributed by atoms with Gasteiger partial charge in [0.1, 0.15) is 0 Å². The molecule has 256 valence electrons. The van der Waals surface area contributed by atoms with Gasteiger partial charge in [-0.25, -0.2) is 0 Å². The number of benzene rings is 4. The molecule has 0 amide bonds. The first kappa shape index (κ1) is 39.6. The van der Waals surface area contributed by atoms with E-state index in [9.17, 15) is 0 Å². The van der Waals surface area contributed by atoms with Crippen molar-refractivity contribution in [2.45, 2.75) is 117 Å². The average Bonchev–Trinajstić information content (AvgIpc) is 3.52. The summed E-state index contributed by atoms with van der Waals surface area (Å²) >= 11 is -1.51. The zero-order chi connectivity index (χ0) is 34.1. The van der Waals surface area contributed by atoms with Gasteiger partial charge in [-0.2, -0.15) is 0 Å². The molecule has 0 N–H and O–H groups in total. The van der Waals surface area contributed by atoms with Crippen molar-refractivity contribution in [3.05, 3.63) is 147 Å². The summed E-state index contributed by atoms with van der Waals surface area (Å²) in [5.41, 5.74) is 14.9. The Morgan fingerprint density at radius 3 is 0.980 bits per heavy atom. The molecule has 0 saturated carbocycles. The third kappa shape index (κ3) is 8.16. The summed E-state index contributed by atoms with van der Waals surface area (Å²) in [6, 6.07) is 33.5. The summed E-state index contributed by atoms with van der Waals surface area (Å²) in [6.07, 6.45) is 5.19. The van der Waals surface area contributed by atoms with Crippen molar-refractivity contribution < 1.29 is 47.7 Å². The standard InChI is InChI=1S/2C23H27.2ClH.Hf/c2*1-22(2,3)18-13-17(14-19(15-18)23(4,5)6)21-12-11-16-9-7-8-10-20(16)21;;;/h2*7-11,13-15,21H,1-6H3;2*1H;/q;;;;+2/p-2. The number of halogens is 2. The van der Waals surface area contributed by atoms with Crippen LogP contribution < -0.4 is 24.8 Å². The van der Waals surface area contributed by atoms with Crippen LogP contribution in [0.4, 0.5) is 0 Å². The fourth-order valence-corrected chi connectivity index (χ4v) is 13.3. The minimum Gasteiger partial charge on any atom is -1.00 e.